The number of anilines is 1. The molecule has 0 amide bonds. The Morgan fingerprint density at radius 1 is 1.44 bits per heavy atom. The van der Waals surface area contributed by atoms with Crippen molar-refractivity contribution in [2.75, 3.05) is 5.32 Å². The van der Waals surface area contributed by atoms with E-state index in [4.69, 9.17) is 11.6 Å². The van der Waals surface area contributed by atoms with Gasteiger partial charge < -0.3 is 5.32 Å². The van der Waals surface area contributed by atoms with E-state index in [0.717, 1.165) is 27.5 Å². The maximum atomic E-state index is 6.11. The van der Waals surface area contributed by atoms with Gasteiger partial charge in [-0.15, -0.1) is 11.3 Å². The number of nitrogens with zero attached hydrogens (tertiary/aromatic N) is 1. The van der Waals surface area contributed by atoms with Crippen LogP contribution in [0.15, 0.2) is 29.0 Å². The van der Waals surface area contributed by atoms with Crippen LogP contribution in [0.25, 0.3) is 0 Å². The minimum Gasteiger partial charge on any atom is -0.377 e. The van der Waals surface area contributed by atoms with Crippen molar-refractivity contribution in [2.45, 2.75) is 25.3 Å². The lowest BCUT2D eigenvalue weighted by Gasteiger charge is -2.24. The number of aromatic nitrogens is 1. The molecule has 2 aromatic rings. The standard InChI is InChI=1S/C13H12BrClN2S/c14-12-5-4-8(7-16-12)17-10-2-1-3-11-9(10)6-13(15)18-11/h4-7,10,17H,1-3H2. The second kappa shape index (κ2) is 5.19. The van der Waals surface area contributed by atoms with Crippen molar-refractivity contribution in [1.82, 2.24) is 4.98 Å². The minimum absolute atomic E-state index is 0.362. The lowest BCUT2D eigenvalue weighted by molar-refractivity contribution is 0.608. The molecular formula is C13H12BrClN2S. The van der Waals surface area contributed by atoms with Crippen molar-refractivity contribution in [1.29, 1.82) is 0 Å². The maximum Gasteiger partial charge on any atom is 0.106 e. The van der Waals surface area contributed by atoms with E-state index in [1.165, 1.54) is 16.9 Å². The van der Waals surface area contributed by atoms with Gasteiger partial charge in [0.25, 0.3) is 0 Å². The van der Waals surface area contributed by atoms with E-state index in [9.17, 15) is 0 Å². The van der Waals surface area contributed by atoms with Crippen LogP contribution in [0.2, 0.25) is 4.34 Å². The number of fused-ring (bicyclic) bond motifs is 1. The lowest BCUT2D eigenvalue weighted by Crippen LogP contribution is -2.15. The molecule has 18 heavy (non-hydrogen) atoms. The molecule has 0 aliphatic heterocycles. The fraction of sp³-hybridized carbons (Fsp3) is 0.308. The number of nitrogens with one attached hydrogen (secondary N) is 1. The summed E-state index contributed by atoms with van der Waals surface area (Å²) in [5, 5.41) is 3.54. The molecule has 1 N–H and O–H groups in total. The van der Waals surface area contributed by atoms with Crippen molar-refractivity contribution in [3.63, 3.8) is 0 Å². The van der Waals surface area contributed by atoms with Gasteiger partial charge in [0.1, 0.15) is 4.60 Å². The molecule has 2 nitrogen and oxygen atoms in total. The van der Waals surface area contributed by atoms with E-state index in [-0.39, 0.29) is 0 Å². The first kappa shape index (κ1) is 12.5. The van der Waals surface area contributed by atoms with Crippen LogP contribution in [0.5, 0.6) is 0 Å². The van der Waals surface area contributed by atoms with E-state index >= 15 is 0 Å². The van der Waals surface area contributed by atoms with E-state index < -0.39 is 0 Å². The molecule has 0 fully saturated rings. The number of hydrogen-bond donors (Lipinski definition) is 1. The van der Waals surface area contributed by atoms with Gasteiger partial charge in [0.15, 0.2) is 0 Å². The van der Waals surface area contributed by atoms with Gasteiger partial charge in [0, 0.05) is 4.88 Å². The summed E-state index contributed by atoms with van der Waals surface area (Å²) in [7, 11) is 0. The fourth-order valence-electron chi connectivity index (χ4n) is 2.33. The van der Waals surface area contributed by atoms with Crippen molar-refractivity contribution in [2.24, 2.45) is 0 Å². The first-order chi connectivity index (χ1) is 8.72. The predicted molar refractivity (Wildman–Crippen MR) is 80.6 cm³/mol. The van der Waals surface area contributed by atoms with Gasteiger partial charge >= 0.3 is 0 Å². The number of hydrogen-bond acceptors (Lipinski definition) is 3. The van der Waals surface area contributed by atoms with Crippen LogP contribution < -0.4 is 5.32 Å². The highest BCUT2D eigenvalue weighted by molar-refractivity contribution is 9.10. The minimum atomic E-state index is 0.362. The van der Waals surface area contributed by atoms with Crippen LogP contribution >= 0.6 is 38.9 Å². The molecule has 2 heterocycles. The zero-order valence-electron chi connectivity index (χ0n) is 9.62. The summed E-state index contributed by atoms with van der Waals surface area (Å²) in [6.45, 7) is 0. The van der Waals surface area contributed by atoms with Crippen LogP contribution in [-0.4, -0.2) is 4.98 Å². The number of pyridine rings is 1. The highest BCUT2D eigenvalue weighted by atomic mass is 79.9. The normalized spacial score (nSPS) is 18.4. The van der Waals surface area contributed by atoms with E-state index in [1.54, 1.807) is 11.3 Å². The van der Waals surface area contributed by atoms with E-state index in [1.807, 2.05) is 18.3 Å². The van der Waals surface area contributed by atoms with Gasteiger partial charge in [-0.25, -0.2) is 4.98 Å². The first-order valence-corrected chi connectivity index (χ1v) is 7.87. The Hall–Kier alpha value is -0.580. The number of thiophene rings is 1. The number of halogens is 2. The highest BCUT2D eigenvalue weighted by Gasteiger charge is 2.22. The third-order valence-electron chi connectivity index (χ3n) is 3.15. The molecule has 3 rings (SSSR count). The molecule has 0 spiro atoms. The Morgan fingerprint density at radius 2 is 2.33 bits per heavy atom. The molecular weight excluding hydrogens is 332 g/mol. The van der Waals surface area contributed by atoms with Gasteiger partial charge in [-0.3, -0.25) is 0 Å². The third kappa shape index (κ3) is 2.56. The number of aryl methyl sites for hydroxylation is 1. The Labute approximate surface area is 124 Å². The van der Waals surface area contributed by atoms with Crippen molar-refractivity contribution < 1.29 is 0 Å². The van der Waals surface area contributed by atoms with Crippen molar-refractivity contribution in [3.8, 4) is 0 Å². The molecule has 0 aromatic carbocycles. The van der Waals surface area contributed by atoms with Crippen molar-refractivity contribution in [3.05, 3.63) is 43.8 Å². The predicted octanol–water partition coefficient (Wildman–Crippen LogP) is 5.05. The van der Waals surface area contributed by atoms with Crippen LogP contribution in [0, 0.1) is 0 Å². The maximum absolute atomic E-state index is 6.11. The second-order valence-corrected chi connectivity index (χ2v) is 6.97. The SMILES string of the molecule is Clc1cc2c(s1)CCCC2Nc1ccc(Br)nc1. The smallest absolute Gasteiger partial charge is 0.106 e. The molecule has 1 aliphatic carbocycles. The summed E-state index contributed by atoms with van der Waals surface area (Å²) < 4.78 is 1.75. The largest absolute Gasteiger partial charge is 0.377 e. The van der Waals surface area contributed by atoms with Crippen molar-refractivity contribution >= 4 is 44.6 Å². The highest BCUT2D eigenvalue weighted by Crippen LogP contribution is 2.39. The van der Waals surface area contributed by atoms with Gasteiger partial charge in [-0.1, -0.05) is 11.6 Å². The monoisotopic (exact) mass is 342 g/mol. The Balaban J connectivity index is 1.83. The molecule has 0 bridgehead atoms. The quantitative estimate of drug-likeness (QED) is 0.772. The average Bonchev–Trinajstić information content (AvgIpc) is 2.73. The van der Waals surface area contributed by atoms with Gasteiger partial charge in [-0.2, -0.15) is 0 Å². The fourth-order valence-corrected chi connectivity index (χ4v) is 3.95. The summed E-state index contributed by atoms with van der Waals surface area (Å²) in [6, 6.07) is 6.46. The third-order valence-corrected chi connectivity index (χ3v) is 4.96. The molecule has 1 unspecified atom stereocenters. The molecule has 1 aliphatic rings. The molecule has 0 saturated heterocycles. The van der Waals surface area contributed by atoms with Crippen LogP contribution in [-0.2, 0) is 6.42 Å². The average molecular weight is 344 g/mol. The summed E-state index contributed by atoms with van der Waals surface area (Å²) in [4.78, 5) is 5.66. The van der Waals surface area contributed by atoms with E-state index in [2.05, 4.69) is 32.3 Å². The Morgan fingerprint density at radius 3 is 3.11 bits per heavy atom. The summed E-state index contributed by atoms with van der Waals surface area (Å²) in [5.74, 6) is 0. The van der Waals surface area contributed by atoms with E-state index in [0.29, 0.717) is 6.04 Å². The molecule has 2 aromatic heterocycles. The van der Waals surface area contributed by atoms with Gasteiger partial charge in [-0.05, 0) is 59.0 Å². The lowest BCUT2D eigenvalue weighted by atomic mass is 9.94. The molecule has 1 atom stereocenters. The molecule has 94 valence electrons. The zero-order valence-corrected chi connectivity index (χ0v) is 12.8. The van der Waals surface area contributed by atoms with Crippen LogP contribution in [0.4, 0.5) is 5.69 Å². The van der Waals surface area contributed by atoms with Gasteiger partial charge in [0.05, 0.1) is 22.3 Å². The van der Waals surface area contributed by atoms with Crippen LogP contribution in [0.1, 0.15) is 29.3 Å². The zero-order chi connectivity index (χ0) is 12.5. The number of rotatable bonds is 2. The molecule has 5 heteroatoms. The first-order valence-electron chi connectivity index (χ1n) is 5.88. The summed E-state index contributed by atoms with van der Waals surface area (Å²) in [6.07, 6.45) is 5.37. The summed E-state index contributed by atoms with van der Waals surface area (Å²) in [5.41, 5.74) is 2.41. The Bertz CT molecular complexity index is 553. The molecule has 0 radical (unpaired) electrons. The Kier molecular flexibility index (Phi) is 3.59. The van der Waals surface area contributed by atoms with Gasteiger partial charge in [0.2, 0.25) is 0 Å². The molecule has 0 saturated carbocycles. The second-order valence-electron chi connectivity index (χ2n) is 4.39. The topological polar surface area (TPSA) is 24.9 Å². The summed E-state index contributed by atoms with van der Waals surface area (Å²) >= 11 is 11.2. The van der Waals surface area contributed by atoms with Crippen LogP contribution in [0.3, 0.4) is 0 Å².